The molecule has 0 unspecified atom stereocenters. The number of amides is 7. The number of aliphatic hydroxyl groups is 3. The van der Waals surface area contributed by atoms with Gasteiger partial charge in [0.05, 0.1) is 26.4 Å². The van der Waals surface area contributed by atoms with E-state index in [1.165, 1.54) is 0 Å². The third-order valence-electron chi connectivity index (χ3n) is 8.19. The number of nitrogens with two attached hydrogens (primary N) is 2. The van der Waals surface area contributed by atoms with Crippen molar-refractivity contribution in [1.82, 2.24) is 37.2 Å². The molecule has 15 N–H and O–H groups in total. The van der Waals surface area contributed by atoms with Crippen LogP contribution in [0.1, 0.15) is 80.1 Å². The van der Waals surface area contributed by atoms with E-state index in [1.54, 1.807) is 41.5 Å². The third-order valence-corrected chi connectivity index (χ3v) is 8.19. The van der Waals surface area contributed by atoms with E-state index in [1.807, 2.05) is 0 Å². The molecule has 56 heavy (non-hydrogen) atoms. The zero-order valence-corrected chi connectivity index (χ0v) is 33.3. The zero-order chi connectivity index (χ0) is 43.1. The first-order valence-corrected chi connectivity index (χ1v) is 18.8. The average Bonchev–Trinajstić information content (AvgIpc) is 3.12. The van der Waals surface area contributed by atoms with Gasteiger partial charge in [0, 0.05) is 0 Å². The Morgan fingerprint density at radius 2 is 0.875 bits per heavy atom. The Bertz CT molecular complexity index is 1300. The predicted molar refractivity (Wildman–Crippen MR) is 203 cm³/mol. The highest BCUT2D eigenvalue weighted by atomic mass is 16.4. The normalized spacial score (nSPS) is 15.0. The fourth-order valence-electron chi connectivity index (χ4n) is 5.23. The molecule has 0 bridgehead atoms. The number of unbranched alkanes of at least 4 members (excludes halogenated alkanes) is 1. The van der Waals surface area contributed by atoms with Crippen molar-refractivity contribution >= 4 is 47.3 Å². The second-order valence-electron chi connectivity index (χ2n) is 14.8. The van der Waals surface area contributed by atoms with Gasteiger partial charge in [-0.2, -0.15) is 0 Å². The number of hydrogen-bond acceptors (Lipinski definition) is 13. The molecule has 0 aliphatic carbocycles. The summed E-state index contributed by atoms with van der Waals surface area (Å²) in [5, 5.41) is 55.3. The van der Waals surface area contributed by atoms with Crippen molar-refractivity contribution in [2.24, 2.45) is 29.2 Å². The van der Waals surface area contributed by atoms with Crippen molar-refractivity contribution < 1.29 is 58.8 Å². The van der Waals surface area contributed by atoms with Gasteiger partial charge in [-0.1, -0.05) is 41.5 Å². The smallest absolute Gasteiger partial charge is 0.326 e. The summed E-state index contributed by atoms with van der Waals surface area (Å²) in [7, 11) is 0. The van der Waals surface area contributed by atoms with Crippen LogP contribution in [0.4, 0.5) is 0 Å². The fraction of sp³-hybridized carbons (Fsp3) is 0.771. The van der Waals surface area contributed by atoms with Gasteiger partial charge in [-0.05, 0) is 62.8 Å². The molecule has 0 heterocycles. The van der Waals surface area contributed by atoms with E-state index in [0.29, 0.717) is 19.4 Å². The standard InChI is InChI=1S/C35H65N9O12/c1-18(2)11-23(30(50)38-14-28(48)39-22(35(55)56)9-7-8-10-36)41-33(53)26(16-46)44-32(52)25(13-20(5)6)42-34(54)27(17-47)43-31(51)24(12-19(3)4)40-29(49)21(37)15-45/h18-27,45-47H,7-17,36-37H2,1-6H3,(H,38,50)(H,39,48)(H,40,49)(H,41,53)(H,42,54)(H,43,51)(H,44,52)(H,55,56)/t21-,22-,23-,24-,25-,26-,27-/m0/s1. The maximum absolute atomic E-state index is 13.4. The van der Waals surface area contributed by atoms with E-state index in [-0.39, 0.29) is 43.4 Å². The number of carboxylic acid groups (broad SMARTS) is 1. The molecule has 21 heteroatoms. The summed E-state index contributed by atoms with van der Waals surface area (Å²) in [6.45, 7) is 7.82. The summed E-state index contributed by atoms with van der Waals surface area (Å²) in [6.07, 6.45) is 1.38. The maximum Gasteiger partial charge on any atom is 0.326 e. The summed E-state index contributed by atoms with van der Waals surface area (Å²) in [6, 6.07) is -9.43. The minimum atomic E-state index is -1.61. The molecule has 0 aromatic carbocycles. The first-order chi connectivity index (χ1) is 26.2. The van der Waals surface area contributed by atoms with Gasteiger partial charge in [-0.3, -0.25) is 33.6 Å². The van der Waals surface area contributed by atoms with Crippen LogP contribution < -0.4 is 48.7 Å². The molecule has 0 saturated carbocycles. The molecule has 0 saturated heterocycles. The number of carbonyl (C=O) groups excluding carboxylic acids is 7. The number of aliphatic hydroxyl groups excluding tert-OH is 3. The highest BCUT2D eigenvalue weighted by molar-refractivity contribution is 5.97. The van der Waals surface area contributed by atoms with Crippen LogP contribution in [0.5, 0.6) is 0 Å². The summed E-state index contributed by atoms with van der Waals surface area (Å²) in [5.41, 5.74) is 11.0. The molecule has 21 nitrogen and oxygen atoms in total. The Balaban J connectivity index is 5.78. The van der Waals surface area contributed by atoms with Gasteiger partial charge in [0.2, 0.25) is 41.4 Å². The molecular weight excluding hydrogens is 738 g/mol. The molecule has 0 aromatic heterocycles. The van der Waals surface area contributed by atoms with E-state index in [4.69, 9.17) is 11.5 Å². The van der Waals surface area contributed by atoms with E-state index < -0.39 is 116 Å². The fourth-order valence-corrected chi connectivity index (χ4v) is 5.23. The minimum absolute atomic E-state index is 0.0186. The minimum Gasteiger partial charge on any atom is -0.480 e. The molecule has 7 amide bonds. The summed E-state index contributed by atoms with van der Waals surface area (Å²) in [5.74, 6) is -7.77. The van der Waals surface area contributed by atoms with Gasteiger partial charge in [-0.15, -0.1) is 0 Å². The van der Waals surface area contributed by atoms with Crippen molar-refractivity contribution in [3.05, 3.63) is 0 Å². The number of nitrogens with one attached hydrogen (secondary N) is 7. The van der Waals surface area contributed by atoms with Crippen LogP contribution in [0.25, 0.3) is 0 Å². The molecule has 0 radical (unpaired) electrons. The van der Waals surface area contributed by atoms with Crippen LogP contribution in [0.2, 0.25) is 0 Å². The molecular formula is C35H65N9O12. The molecule has 322 valence electrons. The Kier molecular flexibility index (Phi) is 25.1. The molecule has 0 aliphatic heterocycles. The lowest BCUT2D eigenvalue weighted by Crippen LogP contribution is -2.61. The van der Waals surface area contributed by atoms with Crippen LogP contribution in [0, 0.1) is 17.8 Å². The number of carbonyl (C=O) groups is 8. The monoisotopic (exact) mass is 803 g/mol. The van der Waals surface area contributed by atoms with Crippen molar-refractivity contribution in [3.63, 3.8) is 0 Å². The number of carboxylic acids is 1. The first kappa shape index (κ1) is 51.6. The summed E-state index contributed by atoms with van der Waals surface area (Å²) in [4.78, 5) is 102. The predicted octanol–water partition coefficient (Wildman–Crippen LogP) is -4.33. The van der Waals surface area contributed by atoms with E-state index in [0.717, 1.165) is 0 Å². The van der Waals surface area contributed by atoms with Crippen LogP contribution in [0.15, 0.2) is 0 Å². The molecule has 0 rings (SSSR count). The largest absolute Gasteiger partial charge is 0.480 e. The van der Waals surface area contributed by atoms with Crippen LogP contribution in [0.3, 0.4) is 0 Å². The van der Waals surface area contributed by atoms with Gasteiger partial charge >= 0.3 is 5.97 Å². The summed E-state index contributed by atoms with van der Waals surface area (Å²) >= 11 is 0. The average molecular weight is 804 g/mol. The Morgan fingerprint density at radius 3 is 1.23 bits per heavy atom. The van der Waals surface area contributed by atoms with E-state index in [2.05, 4.69) is 37.2 Å². The van der Waals surface area contributed by atoms with Crippen molar-refractivity contribution in [2.45, 2.75) is 122 Å². The lowest BCUT2D eigenvalue weighted by molar-refractivity contribution is -0.142. The van der Waals surface area contributed by atoms with Crippen LogP contribution >= 0.6 is 0 Å². The Hall–Kier alpha value is -4.44. The second-order valence-corrected chi connectivity index (χ2v) is 14.8. The lowest BCUT2D eigenvalue weighted by atomic mass is 10.0. The van der Waals surface area contributed by atoms with Crippen LogP contribution in [-0.2, 0) is 38.4 Å². The van der Waals surface area contributed by atoms with E-state index in [9.17, 15) is 58.8 Å². The highest BCUT2D eigenvalue weighted by Crippen LogP contribution is 2.10. The van der Waals surface area contributed by atoms with Gasteiger partial charge in [0.25, 0.3) is 0 Å². The first-order valence-electron chi connectivity index (χ1n) is 18.8. The van der Waals surface area contributed by atoms with Gasteiger partial charge in [0.1, 0.15) is 42.3 Å². The number of aliphatic carboxylic acids is 1. The van der Waals surface area contributed by atoms with E-state index >= 15 is 0 Å². The lowest BCUT2D eigenvalue weighted by Gasteiger charge is -2.27. The topological polar surface area (TPSA) is 354 Å². The summed E-state index contributed by atoms with van der Waals surface area (Å²) < 4.78 is 0. The van der Waals surface area contributed by atoms with Crippen molar-refractivity contribution in [3.8, 4) is 0 Å². The molecule has 7 atom stereocenters. The molecule has 0 fully saturated rings. The quantitative estimate of drug-likeness (QED) is 0.0333. The SMILES string of the molecule is CC(C)C[C@H](NC(=O)[C@H](CO)NC(=O)[C@H](CC(C)C)NC(=O)[C@H](CO)NC(=O)[C@H](CC(C)C)NC(=O)[C@@H](N)CO)C(=O)NCC(=O)N[C@@H](CCCCN)C(=O)O. The Labute approximate surface area is 327 Å². The highest BCUT2D eigenvalue weighted by Gasteiger charge is 2.33. The van der Waals surface area contributed by atoms with Gasteiger partial charge < -0.3 is 69.1 Å². The third kappa shape index (κ3) is 20.5. The zero-order valence-electron chi connectivity index (χ0n) is 33.3. The van der Waals surface area contributed by atoms with Gasteiger partial charge in [-0.25, -0.2) is 4.79 Å². The van der Waals surface area contributed by atoms with Crippen molar-refractivity contribution in [1.29, 1.82) is 0 Å². The number of hydrogen-bond donors (Lipinski definition) is 13. The molecule has 0 aromatic rings. The molecule has 0 spiro atoms. The molecule has 0 aliphatic rings. The van der Waals surface area contributed by atoms with Crippen molar-refractivity contribution in [2.75, 3.05) is 32.9 Å². The second kappa shape index (κ2) is 27.2. The van der Waals surface area contributed by atoms with Crippen LogP contribution in [-0.4, -0.2) is 143 Å². The Morgan fingerprint density at radius 1 is 0.500 bits per heavy atom. The van der Waals surface area contributed by atoms with Gasteiger partial charge in [0.15, 0.2) is 0 Å². The number of rotatable bonds is 28. The maximum atomic E-state index is 13.4.